The topological polar surface area (TPSA) is 35.6 Å². The van der Waals surface area contributed by atoms with E-state index in [4.69, 9.17) is 0 Å². The Bertz CT molecular complexity index is 422. The largest absolute Gasteiger partial charge is 0.368 e. The molecule has 1 aromatic carbocycles. The molecule has 4 nitrogen and oxygen atoms in total. The highest BCUT2D eigenvalue weighted by molar-refractivity contribution is 5.73. The van der Waals surface area contributed by atoms with Gasteiger partial charge in [-0.3, -0.25) is 4.79 Å². The fraction of sp³-hybridized carbons (Fsp3) is 0.533. The standard InChI is InChI=1S/C15H23N3O/c1-12(16-3)14-4-6-15(7-5-14)18-10-8-17(9-11-18)13(2)19/h4-7,12,16H,8-11H2,1-3H3/t12-/m1/s1. The number of benzene rings is 1. The third-order valence-corrected chi connectivity index (χ3v) is 3.92. The van der Waals surface area contributed by atoms with Gasteiger partial charge in [-0.2, -0.15) is 0 Å². The van der Waals surface area contributed by atoms with E-state index in [9.17, 15) is 4.79 Å². The number of anilines is 1. The van der Waals surface area contributed by atoms with Gasteiger partial charge in [0.05, 0.1) is 0 Å². The summed E-state index contributed by atoms with van der Waals surface area (Å²) in [5.41, 5.74) is 2.55. The minimum absolute atomic E-state index is 0.179. The first-order chi connectivity index (χ1) is 9.11. The number of rotatable bonds is 3. The maximum Gasteiger partial charge on any atom is 0.219 e. The van der Waals surface area contributed by atoms with E-state index in [1.165, 1.54) is 11.3 Å². The van der Waals surface area contributed by atoms with E-state index >= 15 is 0 Å². The van der Waals surface area contributed by atoms with Gasteiger partial charge in [0, 0.05) is 44.8 Å². The molecule has 19 heavy (non-hydrogen) atoms. The summed E-state index contributed by atoms with van der Waals surface area (Å²) in [4.78, 5) is 15.5. The first-order valence-electron chi connectivity index (χ1n) is 6.89. The molecule has 1 aliphatic heterocycles. The van der Waals surface area contributed by atoms with Crippen LogP contribution in [0.2, 0.25) is 0 Å². The van der Waals surface area contributed by atoms with Crippen molar-refractivity contribution in [3.8, 4) is 0 Å². The second-order valence-electron chi connectivity index (χ2n) is 5.10. The number of nitrogens with one attached hydrogen (secondary N) is 1. The van der Waals surface area contributed by atoms with Crippen LogP contribution in [0.3, 0.4) is 0 Å². The Labute approximate surface area is 115 Å². The third kappa shape index (κ3) is 3.26. The van der Waals surface area contributed by atoms with Crippen LogP contribution in [0.1, 0.15) is 25.5 Å². The van der Waals surface area contributed by atoms with Gasteiger partial charge in [0.25, 0.3) is 0 Å². The van der Waals surface area contributed by atoms with Gasteiger partial charge in [-0.25, -0.2) is 0 Å². The molecule has 2 rings (SSSR count). The lowest BCUT2D eigenvalue weighted by molar-refractivity contribution is -0.129. The predicted molar refractivity (Wildman–Crippen MR) is 78.4 cm³/mol. The number of carbonyl (C=O) groups is 1. The van der Waals surface area contributed by atoms with Crippen molar-refractivity contribution in [3.05, 3.63) is 29.8 Å². The summed E-state index contributed by atoms with van der Waals surface area (Å²) in [5, 5.41) is 3.24. The van der Waals surface area contributed by atoms with Crippen molar-refractivity contribution in [3.63, 3.8) is 0 Å². The van der Waals surface area contributed by atoms with Crippen LogP contribution in [-0.2, 0) is 4.79 Å². The van der Waals surface area contributed by atoms with E-state index in [0.717, 1.165) is 26.2 Å². The van der Waals surface area contributed by atoms with Crippen molar-refractivity contribution in [2.45, 2.75) is 19.9 Å². The van der Waals surface area contributed by atoms with Crippen molar-refractivity contribution in [2.75, 3.05) is 38.1 Å². The molecular formula is C15H23N3O. The molecule has 1 saturated heterocycles. The molecule has 1 aromatic rings. The zero-order valence-electron chi connectivity index (χ0n) is 12.0. The Balaban J connectivity index is 1.98. The van der Waals surface area contributed by atoms with Crippen molar-refractivity contribution >= 4 is 11.6 Å². The lowest BCUT2D eigenvalue weighted by Gasteiger charge is -2.35. The van der Waals surface area contributed by atoms with Crippen LogP contribution >= 0.6 is 0 Å². The molecule has 4 heteroatoms. The summed E-state index contributed by atoms with van der Waals surface area (Å²) in [6.45, 7) is 7.28. The van der Waals surface area contributed by atoms with Crippen LogP contribution < -0.4 is 10.2 Å². The molecule has 0 aromatic heterocycles. The molecule has 0 bridgehead atoms. The quantitative estimate of drug-likeness (QED) is 0.898. The van der Waals surface area contributed by atoms with Gasteiger partial charge < -0.3 is 15.1 Å². The minimum atomic E-state index is 0.179. The summed E-state index contributed by atoms with van der Waals surface area (Å²) < 4.78 is 0. The highest BCUT2D eigenvalue weighted by Gasteiger charge is 2.18. The lowest BCUT2D eigenvalue weighted by atomic mass is 10.1. The van der Waals surface area contributed by atoms with E-state index < -0.39 is 0 Å². The average Bonchev–Trinajstić information content (AvgIpc) is 2.46. The fourth-order valence-corrected chi connectivity index (χ4v) is 2.42. The van der Waals surface area contributed by atoms with Gasteiger partial charge in [-0.1, -0.05) is 12.1 Å². The van der Waals surface area contributed by atoms with Crippen LogP contribution in [-0.4, -0.2) is 44.0 Å². The number of amides is 1. The molecule has 1 N–H and O–H groups in total. The van der Waals surface area contributed by atoms with Crippen LogP contribution in [0.4, 0.5) is 5.69 Å². The molecule has 104 valence electrons. The summed E-state index contributed by atoms with van der Waals surface area (Å²) in [6, 6.07) is 9.07. The Morgan fingerprint density at radius 3 is 2.21 bits per heavy atom. The highest BCUT2D eigenvalue weighted by atomic mass is 16.2. The molecule has 1 amide bonds. The normalized spacial score (nSPS) is 17.4. The van der Waals surface area contributed by atoms with Crippen LogP contribution in [0.25, 0.3) is 0 Å². The third-order valence-electron chi connectivity index (χ3n) is 3.92. The SMILES string of the molecule is CN[C@H](C)c1ccc(N2CCN(C(C)=O)CC2)cc1. The van der Waals surface area contributed by atoms with Crippen LogP contribution in [0.15, 0.2) is 24.3 Å². The number of carbonyl (C=O) groups excluding carboxylic acids is 1. The lowest BCUT2D eigenvalue weighted by Crippen LogP contribution is -2.48. The summed E-state index contributed by atoms with van der Waals surface area (Å²) in [7, 11) is 1.97. The molecule has 0 radical (unpaired) electrons. The van der Waals surface area contributed by atoms with Crippen molar-refractivity contribution in [1.82, 2.24) is 10.2 Å². The molecule has 1 fully saturated rings. The minimum Gasteiger partial charge on any atom is -0.368 e. The van der Waals surface area contributed by atoms with E-state index in [1.54, 1.807) is 6.92 Å². The fourth-order valence-electron chi connectivity index (χ4n) is 2.42. The number of piperazine rings is 1. The molecule has 1 aliphatic rings. The molecular weight excluding hydrogens is 238 g/mol. The van der Waals surface area contributed by atoms with Crippen molar-refractivity contribution in [1.29, 1.82) is 0 Å². The highest BCUT2D eigenvalue weighted by Crippen LogP contribution is 2.20. The molecule has 1 heterocycles. The van der Waals surface area contributed by atoms with Crippen LogP contribution in [0, 0.1) is 0 Å². The molecule has 0 spiro atoms. The van der Waals surface area contributed by atoms with E-state index in [-0.39, 0.29) is 5.91 Å². The van der Waals surface area contributed by atoms with E-state index in [1.807, 2.05) is 11.9 Å². The Morgan fingerprint density at radius 1 is 1.16 bits per heavy atom. The summed E-state index contributed by atoms with van der Waals surface area (Å²) in [5.74, 6) is 0.179. The Morgan fingerprint density at radius 2 is 1.74 bits per heavy atom. The zero-order valence-corrected chi connectivity index (χ0v) is 12.0. The smallest absolute Gasteiger partial charge is 0.219 e. The van der Waals surface area contributed by atoms with Gasteiger partial charge in [0.2, 0.25) is 5.91 Å². The molecule has 0 unspecified atom stereocenters. The number of hydrogen-bond donors (Lipinski definition) is 1. The van der Waals surface area contributed by atoms with Gasteiger partial charge in [-0.15, -0.1) is 0 Å². The van der Waals surface area contributed by atoms with E-state index in [0.29, 0.717) is 6.04 Å². The second-order valence-corrected chi connectivity index (χ2v) is 5.10. The maximum atomic E-state index is 11.3. The number of hydrogen-bond acceptors (Lipinski definition) is 3. The second kappa shape index (κ2) is 6.06. The van der Waals surface area contributed by atoms with Crippen LogP contribution in [0.5, 0.6) is 0 Å². The summed E-state index contributed by atoms with van der Waals surface area (Å²) in [6.07, 6.45) is 0. The van der Waals surface area contributed by atoms with Gasteiger partial charge >= 0.3 is 0 Å². The molecule has 0 saturated carbocycles. The number of nitrogens with zero attached hydrogens (tertiary/aromatic N) is 2. The first-order valence-corrected chi connectivity index (χ1v) is 6.89. The molecule has 0 aliphatic carbocycles. The van der Waals surface area contributed by atoms with Crippen molar-refractivity contribution < 1.29 is 4.79 Å². The van der Waals surface area contributed by atoms with Gasteiger partial charge in [0.1, 0.15) is 0 Å². The van der Waals surface area contributed by atoms with E-state index in [2.05, 4.69) is 41.4 Å². The monoisotopic (exact) mass is 261 g/mol. The zero-order chi connectivity index (χ0) is 13.8. The predicted octanol–water partition coefficient (Wildman–Crippen LogP) is 1.64. The van der Waals surface area contributed by atoms with Gasteiger partial charge in [-0.05, 0) is 31.7 Å². The maximum absolute atomic E-state index is 11.3. The average molecular weight is 261 g/mol. The first kappa shape index (κ1) is 13.9. The summed E-state index contributed by atoms with van der Waals surface area (Å²) >= 11 is 0. The Hall–Kier alpha value is -1.55. The van der Waals surface area contributed by atoms with Crippen molar-refractivity contribution in [2.24, 2.45) is 0 Å². The molecule has 1 atom stereocenters. The van der Waals surface area contributed by atoms with Gasteiger partial charge in [0.15, 0.2) is 0 Å². The Kier molecular flexibility index (Phi) is 4.43.